The zero-order chi connectivity index (χ0) is 18.8. The van der Waals surface area contributed by atoms with Gasteiger partial charge in [-0.15, -0.1) is 10.2 Å². The highest BCUT2D eigenvalue weighted by atomic mass is 32.2. The van der Waals surface area contributed by atoms with E-state index in [0.29, 0.717) is 0 Å². The summed E-state index contributed by atoms with van der Waals surface area (Å²) in [6.45, 7) is 6.65. The van der Waals surface area contributed by atoms with Crippen molar-refractivity contribution in [1.29, 1.82) is 0 Å². The third kappa shape index (κ3) is 3.58. The number of hydrogen-bond donors (Lipinski definition) is 0. The number of rotatable bonds is 5. The highest BCUT2D eigenvalue weighted by Gasteiger charge is 2.36. The van der Waals surface area contributed by atoms with Crippen LogP contribution in [0.3, 0.4) is 0 Å². The van der Waals surface area contributed by atoms with E-state index in [-0.39, 0.29) is 11.9 Å². The molecule has 0 aliphatic carbocycles. The lowest BCUT2D eigenvalue weighted by molar-refractivity contribution is -0.139. The minimum absolute atomic E-state index is 0.000528. The van der Waals surface area contributed by atoms with Crippen LogP contribution in [0, 0.1) is 13.8 Å². The molecule has 1 fully saturated rings. The number of thioether (sulfide) groups is 1. The maximum absolute atomic E-state index is 13.0. The summed E-state index contributed by atoms with van der Waals surface area (Å²) in [4.78, 5) is 14.9. The number of carbonyl (C=O) groups excluding carboxylic acids is 1. The maximum Gasteiger partial charge on any atom is 0.263 e. The quantitative estimate of drug-likeness (QED) is 0.752. The molecule has 7 heteroatoms. The van der Waals surface area contributed by atoms with Gasteiger partial charge in [0.25, 0.3) is 5.91 Å². The van der Waals surface area contributed by atoms with E-state index in [0.717, 1.165) is 41.7 Å². The molecule has 2 heterocycles. The van der Waals surface area contributed by atoms with Crippen molar-refractivity contribution in [3.05, 3.63) is 35.2 Å². The van der Waals surface area contributed by atoms with Gasteiger partial charge >= 0.3 is 0 Å². The lowest BCUT2D eigenvalue weighted by Crippen LogP contribution is -2.40. The molecule has 0 saturated carbocycles. The average molecular weight is 375 g/mol. The Morgan fingerprint density at radius 1 is 1.31 bits per heavy atom. The summed E-state index contributed by atoms with van der Waals surface area (Å²) >= 11 is 1.56. The minimum atomic E-state index is -0.536. The first kappa shape index (κ1) is 18.8. The van der Waals surface area contributed by atoms with Crippen LogP contribution in [0.2, 0.25) is 0 Å². The molecule has 26 heavy (non-hydrogen) atoms. The number of hydrogen-bond acceptors (Lipinski definition) is 5. The second-order valence-corrected chi connectivity index (χ2v) is 7.57. The molecule has 0 radical (unpaired) electrons. The van der Waals surface area contributed by atoms with E-state index in [1.807, 2.05) is 54.8 Å². The largest absolute Gasteiger partial charge is 0.481 e. The first-order valence-corrected chi connectivity index (χ1v) is 10.1. The molecule has 1 aliphatic rings. The highest BCUT2D eigenvalue weighted by Crippen LogP contribution is 2.32. The summed E-state index contributed by atoms with van der Waals surface area (Å²) in [6.07, 6.45) is 3.31. The summed E-state index contributed by atoms with van der Waals surface area (Å²) in [6, 6.07) is 5.88. The molecular formula is C19H26N4O2S. The van der Waals surface area contributed by atoms with Crippen molar-refractivity contribution in [2.24, 2.45) is 7.05 Å². The van der Waals surface area contributed by atoms with Crippen LogP contribution in [0.15, 0.2) is 23.4 Å². The van der Waals surface area contributed by atoms with Crippen LogP contribution < -0.4 is 4.74 Å². The highest BCUT2D eigenvalue weighted by molar-refractivity contribution is 7.98. The molecule has 0 N–H and O–H groups in total. The predicted octanol–water partition coefficient (Wildman–Crippen LogP) is 3.28. The Hall–Kier alpha value is -2.02. The van der Waals surface area contributed by atoms with E-state index in [4.69, 9.17) is 4.74 Å². The molecule has 3 rings (SSSR count). The molecule has 0 bridgehead atoms. The van der Waals surface area contributed by atoms with Crippen LogP contribution in [0.5, 0.6) is 5.75 Å². The molecule has 1 aromatic heterocycles. The molecule has 2 aromatic rings. The third-order valence-electron chi connectivity index (χ3n) is 5.02. The predicted molar refractivity (Wildman–Crippen MR) is 102 cm³/mol. The van der Waals surface area contributed by atoms with Gasteiger partial charge in [0.1, 0.15) is 5.75 Å². The maximum atomic E-state index is 13.0. The van der Waals surface area contributed by atoms with E-state index in [9.17, 15) is 4.79 Å². The fourth-order valence-corrected chi connectivity index (χ4v) is 3.86. The number of ether oxygens (including phenoxy) is 1. The van der Waals surface area contributed by atoms with Crippen LogP contribution in [0.4, 0.5) is 0 Å². The molecule has 1 aromatic carbocycles. The van der Waals surface area contributed by atoms with Gasteiger partial charge in [-0.05, 0) is 63.1 Å². The van der Waals surface area contributed by atoms with Crippen molar-refractivity contribution < 1.29 is 9.53 Å². The van der Waals surface area contributed by atoms with Crippen LogP contribution in [0.1, 0.15) is 42.8 Å². The van der Waals surface area contributed by atoms with Gasteiger partial charge in [0.15, 0.2) is 17.1 Å². The molecule has 6 nitrogen and oxygen atoms in total. The van der Waals surface area contributed by atoms with Crippen molar-refractivity contribution in [3.8, 4) is 5.75 Å². The lowest BCUT2D eigenvalue weighted by atomic mass is 10.1. The normalized spacial score (nSPS) is 18.2. The van der Waals surface area contributed by atoms with Gasteiger partial charge < -0.3 is 14.2 Å². The Labute approximate surface area is 158 Å². The van der Waals surface area contributed by atoms with Gasteiger partial charge in [0, 0.05) is 13.6 Å². The Morgan fingerprint density at radius 2 is 2.08 bits per heavy atom. The van der Waals surface area contributed by atoms with E-state index in [1.165, 1.54) is 5.56 Å². The second-order valence-electron chi connectivity index (χ2n) is 6.80. The number of aromatic nitrogens is 3. The minimum Gasteiger partial charge on any atom is -0.481 e. The van der Waals surface area contributed by atoms with Crippen molar-refractivity contribution >= 4 is 17.7 Å². The molecule has 0 spiro atoms. The van der Waals surface area contributed by atoms with Gasteiger partial charge in [-0.1, -0.05) is 17.8 Å². The summed E-state index contributed by atoms with van der Waals surface area (Å²) < 4.78 is 7.91. The first-order valence-electron chi connectivity index (χ1n) is 8.90. The summed E-state index contributed by atoms with van der Waals surface area (Å²) in [5, 5.41) is 9.39. The third-order valence-corrected chi connectivity index (χ3v) is 5.74. The Balaban J connectivity index is 1.74. The zero-order valence-corrected chi connectivity index (χ0v) is 16.8. The number of amides is 1. The van der Waals surface area contributed by atoms with E-state index in [2.05, 4.69) is 17.1 Å². The van der Waals surface area contributed by atoms with Crippen LogP contribution >= 0.6 is 11.8 Å². The molecule has 2 atom stereocenters. The Bertz CT molecular complexity index is 805. The monoisotopic (exact) mass is 374 g/mol. The Kier molecular flexibility index (Phi) is 5.55. The number of nitrogens with zero attached hydrogens (tertiary/aromatic N) is 4. The van der Waals surface area contributed by atoms with Crippen LogP contribution in [0.25, 0.3) is 0 Å². The van der Waals surface area contributed by atoms with Crippen molar-refractivity contribution in [3.63, 3.8) is 0 Å². The van der Waals surface area contributed by atoms with Gasteiger partial charge in [-0.2, -0.15) is 0 Å². The van der Waals surface area contributed by atoms with Gasteiger partial charge in [0.05, 0.1) is 6.04 Å². The molecule has 1 amide bonds. The number of likely N-dealkylation sites (tertiary alicyclic amines) is 1. The summed E-state index contributed by atoms with van der Waals surface area (Å²) in [5.74, 6) is 1.58. The number of benzene rings is 1. The molecule has 0 unspecified atom stereocenters. The topological polar surface area (TPSA) is 60.3 Å². The van der Waals surface area contributed by atoms with Crippen LogP contribution in [-0.4, -0.2) is 44.5 Å². The van der Waals surface area contributed by atoms with Crippen molar-refractivity contribution in [2.45, 2.75) is 50.9 Å². The fraction of sp³-hybridized carbons (Fsp3) is 0.526. The first-order chi connectivity index (χ1) is 12.4. The van der Waals surface area contributed by atoms with Gasteiger partial charge in [0.2, 0.25) is 0 Å². The fourth-order valence-electron chi connectivity index (χ4n) is 3.37. The van der Waals surface area contributed by atoms with E-state index in [1.54, 1.807) is 11.8 Å². The van der Waals surface area contributed by atoms with Crippen molar-refractivity contribution in [1.82, 2.24) is 19.7 Å². The van der Waals surface area contributed by atoms with Gasteiger partial charge in [-0.3, -0.25) is 4.79 Å². The molecular weight excluding hydrogens is 348 g/mol. The number of carbonyl (C=O) groups is 1. The van der Waals surface area contributed by atoms with Crippen molar-refractivity contribution in [2.75, 3.05) is 12.8 Å². The summed E-state index contributed by atoms with van der Waals surface area (Å²) in [5.41, 5.74) is 2.37. The van der Waals surface area contributed by atoms with Crippen LogP contribution in [-0.2, 0) is 11.8 Å². The van der Waals surface area contributed by atoms with E-state index >= 15 is 0 Å². The smallest absolute Gasteiger partial charge is 0.263 e. The molecule has 1 aliphatic heterocycles. The summed E-state index contributed by atoms with van der Waals surface area (Å²) in [7, 11) is 1.96. The standard InChI is InChI=1S/C19H26N4O2S/c1-12-8-9-15(11-13(12)2)25-14(3)18(24)23-10-6-7-16(23)17-20-21-19(26-5)22(17)4/h8-9,11,14,16H,6-7,10H2,1-5H3/t14-,16+/m0/s1. The number of aryl methyl sites for hydroxylation is 2. The van der Waals surface area contributed by atoms with E-state index < -0.39 is 6.10 Å². The zero-order valence-electron chi connectivity index (χ0n) is 16.0. The molecule has 140 valence electrons. The van der Waals surface area contributed by atoms with Gasteiger partial charge in [-0.25, -0.2) is 0 Å². The lowest BCUT2D eigenvalue weighted by Gasteiger charge is -2.27. The molecule has 1 saturated heterocycles. The SMILES string of the molecule is CSc1nnc([C@H]2CCCN2C(=O)[C@H](C)Oc2ccc(C)c(C)c2)n1C. The average Bonchev–Trinajstić information content (AvgIpc) is 3.23. The second kappa shape index (κ2) is 7.70. The Morgan fingerprint density at radius 3 is 2.73 bits per heavy atom.